The number of rotatable bonds is 6. The number of halogens is 3. The van der Waals surface area contributed by atoms with E-state index in [1.165, 1.54) is 6.07 Å². The highest BCUT2D eigenvalue weighted by Crippen LogP contribution is 2.30. The lowest BCUT2D eigenvalue weighted by atomic mass is 10.0. The van der Waals surface area contributed by atoms with Gasteiger partial charge in [-0.05, 0) is 60.5 Å². The maximum Gasteiger partial charge on any atom is 0.417 e. The molecule has 2 aromatic carbocycles. The van der Waals surface area contributed by atoms with Gasteiger partial charge in [-0.3, -0.25) is 4.79 Å². The molecule has 1 N–H and O–H groups in total. The lowest BCUT2D eigenvalue weighted by Crippen LogP contribution is -2.47. The lowest BCUT2D eigenvalue weighted by molar-refractivity contribution is -0.145. The van der Waals surface area contributed by atoms with Crippen LogP contribution in [0.2, 0.25) is 0 Å². The van der Waals surface area contributed by atoms with Crippen molar-refractivity contribution in [2.24, 2.45) is 0 Å². The van der Waals surface area contributed by atoms with Gasteiger partial charge in [-0.1, -0.05) is 26.0 Å². The summed E-state index contributed by atoms with van der Waals surface area (Å²) in [4.78, 5) is 17.3. The third kappa shape index (κ3) is 7.19. The van der Waals surface area contributed by atoms with Crippen molar-refractivity contribution in [1.29, 1.82) is 0 Å². The second kappa shape index (κ2) is 11.7. The molecule has 9 heteroatoms. The molecule has 1 unspecified atom stereocenters. The Morgan fingerprint density at radius 3 is 2.23 bits per heavy atom. The Morgan fingerprint density at radius 1 is 1.03 bits per heavy atom. The molecule has 1 amide bonds. The molecule has 0 spiro atoms. The van der Waals surface area contributed by atoms with E-state index in [4.69, 9.17) is 9.47 Å². The number of likely N-dealkylation sites (N-methyl/N-ethyl adjacent to an activating group) is 1. The van der Waals surface area contributed by atoms with E-state index in [1.54, 1.807) is 36.2 Å². The number of carbonyl (C=O) groups excluding carboxylic acids is 1. The molecule has 2 heterocycles. The number of amides is 1. The fourth-order valence-electron chi connectivity index (χ4n) is 3.39. The summed E-state index contributed by atoms with van der Waals surface area (Å²) in [6, 6.07) is 16.9. The van der Waals surface area contributed by atoms with Gasteiger partial charge in [0, 0.05) is 18.9 Å². The summed E-state index contributed by atoms with van der Waals surface area (Å²) in [5.41, 5.74) is 0.940. The quantitative estimate of drug-likeness (QED) is 0.458. The Hall–Kier alpha value is -3.59. The van der Waals surface area contributed by atoms with Crippen LogP contribution in [0.25, 0.3) is 0 Å². The smallest absolute Gasteiger partial charge is 0.417 e. The average molecular weight is 488 g/mol. The summed E-state index contributed by atoms with van der Waals surface area (Å²) in [6.45, 7) is 4.65. The average Bonchev–Trinajstić information content (AvgIpc) is 2.85. The zero-order valence-electron chi connectivity index (χ0n) is 19.8. The van der Waals surface area contributed by atoms with Crippen molar-refractivity contribution < 1.29 is 27.4 Å². The third-order valence-corrected chi connectivity index (χ3v) is 5.32. The highest BCUT2D eigenvalue weighted by Gasteiger charge is 2.30. The molecule has 1 fully saturated rings. The van der Waals surface area contributed by atoms with Crippen molar-refractivity contribution in [3.63, 3.8) is 0 Å². The second-order valence-corrected chi connectivity index (χ2v) is 7.70. The number of hydrogen-bond acceptors (Lipinski definition) is 5. The molecule has 0 aliphatic carbocycles. The first-order valence-electron chi connectivity index (χ1n) is 11.3. The molecule has 1 saturated heterocycles. The van der Waals surface area contributed by atoms with Crippen LogP contribution >= 0.6 is 0 Å². The Labute approximate surface area is 202 Å². The SMILES string of the molecule is CC.CN1C(=O)COCC1Cc1ccc(Oc2ccc(Nc3ccc(C(F)(F)F)cn3)cc2)cc1. The van der Waals surface area contributed by atoms with Crippen LogP contribution < -0.4 is 10.1 Å². The van der Waals surface area contributed by atoms with Gasteiger partial charge in [0.05, 0.1) is 18.2 Å². The second-order valence-electron chi connectivity index (χ2n) is 7.70. The zero-order valence-corrected chi connectivity index (χ0v) is 19.8. The fraction of sp³-hybridized carbons (Fsp3) is 0.308. The van der Waals surface area contributed by atoms with Gasteiger partial charge in [-0.15, -0.1) is 0 Å². The third-order valence-electron chi connectivity index (χ3n) is 5.32. The van der Waals surface area contributed by atoms with Crippen LogP contribution in [0.5, 0.6) is 11.5 Å². The molecular weight excluding hydrogens is 459 g/mol. The van der Waals surface area contributed by atoms with Crippen LogP contribution in [0.15, 0.2) is 66.9 Å². The number of morpholine rings is 1. The number of nitrogens with zero attached hydrogens (tertiary/aromatic N) is 2. The molecule has 6 nitrogen and oxygen atoms in total. The van der Waals surface area contributed by atoms with E-state index in [0.29, 0.717) is 36.0 Å². The number of carbonyl (C=O) groups is 1. The topological polar surface area (TPSA) is 63.7 Å². The predicted molar refractivity (Wildman–Crippen MR) is 128 cm³/mol. The van der Waals surface area contributed by atoms with Crippen LogP contribution in [0.3, 0.4) is 0 Å². The van der Waals surface area contributed by atoms with Crippen molar-refractivity contribution in [3.8, 4) is 11.5 Å². The zero-order chi connectivity index (χ0) is 25.4. The van der Waals surface area contributed by atoms with Crippen LogP contribution in [-0.2, 0) is 22.1 Å². The van der Waals surface area contributed by atoms with E-state index < -0.39 is 11.7 Å². The van der Waals surface area contributed by atoms with E-state index in [0.717, 1.165) is 17.8 Å². The molecule has 0 saturated carbocycles. The molecular formula is C26H28F3N3O3. The number of anilines is 2. The maximum atomic E-state index is 12.6. The molecule has 3 aromatic rings. The van der Waals surface area contributed by atoms with Gasteiger partial charge in [0.25, 0.3) is 0 Å². The van der Waals surface area contributed by atoms with Gasteiger partial charge in [-0.25, -0.2) is 4.98 Å². The maximum absolute atomic E-state index is 12.6. The molecule has 0 bridgehead atoms. The van der Waals surface area contributed by atoms with E-state index in [2.05, 4.69) is 10.3 Å². The molecule has 1 aromatic heterocycles. The number of ether oxygens (including phenoxy) is 2. The minimum atomic E-state index is -4.41. The standard InChI is InChI=1S/C24H22F3N3O3.C2H6/c1-30-19(14-32-15-23(30)31)12-16-2-7-20(8-3-16)33-21-9-5-18(6-10-21)29-22-11-4-17(13-28-22)24(25,26)27;1-2/h2-11,13,19H,12,14-15H2,1H3,(H,28,29);1-2H3. The van der Waals surface area contributed by atoms with Gasteiger partial charge >= 0.3 is 6.18 Å². The van der Waals surface area contributed by atoms with E-state index >= 15 is 0 Å². The van der Waals surface area contributed by atoms with Crippen molar-refractivity contribution in [3.05, 3.63) is 78.0 Å². The number of benzene rings is 2. The summed E-state index contributed by atoms with van der Waals surface area (Å²) < 4.78 is 49.1. The lowest BCUT2D eigenvalue weighted by Gasteiger charge is -2.32. The summed E-state index contributed by atoms with van der Waals surface area (Å²) in [7, 11) is 1.79. The van der Waals surface area contributed by atoms with Crippen LogP contribution in [-0.4, -0.2) is 42.1 Å². The molecule has 4 rings (SSSR count). The number of pyridine rings is 1. The predicted octanol–water partition coefficient (Wildman–Crippen LogP) is 6.06. The van der Waals surface area contributed by atoms with Crippen molar-refractivity contribution >= 4 is 17.4 Å². The highest BCUT2D eigenvalue weighted by atomic mass is 19.4. The first kappa shape index (κ1) is 26.0. The van der Waals surface area contributed by atoms with Gasteiger partial charge < -0.3 is 19.7 Å². The Kier molecular flexibility index (Phi) is 8.70. The Bertz CT molecular complexity index is 1090. The fourth-order valence-corrected chi connectivity index (χ4v) is 3.39. The number of hydrogen-bond donors (Lipinski definition) is 1. The summed E-state index contributed by atoms with van der Waals surface area (Å²) in [5, 5.41) is 2.95. The number of alkyl halides is 3. The van der Waals surface area contributed by atoms with Crippen molar-refractivity contribution in [2.45, 2.75) is 32.5 Å². The molecule has 186 valence electrons. The minimum absolute atomic E-state index is 0.0113. The van der Waals surface area contributed by atoms with Crippen molar-refractivity contribution in [1.82, 2.24) is 9.88 Å². The molecule has 1 aliphatic rings. The first-order valence-corrected chi connectivity index (χ1v) is 11.3. The first-order chi connectivity index (χ1) is 16.8. The van der Waals surface area contributed by atoms with Gasteiger partial charge in [0.1, 0.15) is 23.9 Å². The van der Waals surface area contributed by atoms with Crippen molar-refractivity contribution in [2.75, 3.05) is 25.6 Å². The summed E-state index contributed by atoms with van der Waals surface area (Å²) >= 11 is 0. The molecule has 0 radical (unpaired) electrons. The van der Waals surface area contributed by atoms with E-state index in [1.807, 2.05) is 38.1 Å². The van der Waals surface area contributed by atoms with Gasteiger partial charge in [0.15, 0.2) is 0 Å². The Balaban J connectivity index is 0.00000167. The van der Waals surface area contributed by atoms with E-state index in [9.17, 15) is 18.0 Å². The van der Waals surface area contributed by atoms with Crippen LogP contribution in [0.1, 0.15) is 25.0 Å². The van der Waals surface area contributed by atoms with Gasteiger partial charge in [0.2, 0.25) is 5.91 Å². The van der Waals surface area contributed by atoms with Gasteiger partial charge in [-0.2, -0.15) is 13.2 Å². The normalized spacial score (nSPS) is 15.8. The molecule has 1 atom stereocenters. The molecule has 1 aliphatic heterocycles. The summed E-state index contributed by atoms with van der Waals surface area (Å²) in [5.74, 6) is 1.56. The summed E-state index contributed by atoms with van der Waals surface area (Å²) in [6.07, 6.45) is -2.93. The number of nitrogens with one attached hydrogen (secondary N) is 1. The van der Waals surface area contributed by atoms with Crippen LogP contribution in [0.4, 0.5) is 24.7 Å². The largest absolute Gasteiger partial charge is 0.457 e. The number of aromatic nitrogens is 1. The Morgan fingerprint density at radius 2 is 1.66 bits per heavy atom. The van der Waals surface area contributed by atoms with Crippen LogP contribution in [0, 0.1) is 0 Å². The monoisotopic (exact) mass is 487 g/mol. The highest BCUT2D eigenvalue weighted by molar-refractivity contribution is 5.78. The minimum Gasteiger partial charge on any atom is -0.457 e. The van der Waals surface area contributed by atoms with E-state index in [-0.39, 0.29) is 18.6 Å². The molecule has 35 heavy (non-hydrogen) atoms.